The molecular formula is C14H25NO2. The Labute approximate surface area is 104 Å². The van der Waals surface area contributed by atoms with Crippen molar-refractivity contribution in [3.8, 4) is 0 Å². The topological polar surface area (TPSA) is 30.5 Å². The van der Waals surface area contributed by atoms with Crippen LogP contribution in [0.1, 0.15) is 51.9 Å². The number of rotatable bonds is 2. The largest absolute Gasteiger partial charge is 0.377 e. The lowest BCUT2D eigenvalue weighted by molar-refractivity contribution is -0.0853. The van der Waals surface area contributed by atoms with Crippen molar-refractivity contribution >= 4 is 0 Å². The fraction of sp³-hybridized carbons (Fsp3) is 1.00. The predicted octanol–water partition coefficient (Wildman–Crippen LogP) is 2.25. The van der Waals surface area contributed by atoms with Gasteiger partial charge in [-0.3, -0.25) is 0 Å². The van der Waals surface area contributed by atoms with Gasteiger partial charge in [0.25, 0.3) is 0 Å². The van der Waals surface area contributed by atoms with Crippen molar-refractivity contribution < 1.29 is 9.47 Å². The first-order valence-corrected chi connectivity index (χ1v) is 7.29. The number of hydrogen-bond acceptors (Lipinski definition) is 3. The van der Waals surface area contributed by atoms with E-state index in [1.165, 1.54) is 44.9 Å². The van der Waals surface area contributed by atoms with Gasteiger partial charge in [-0.15, -0.1) is 0 Å². The summed E-state index contributed by atoms with van der Waals surface area (Å²) in [6.45, 7) is 4.06. The van der Waals surface area contributed by atoms with Gasteiger partial charge in [0.2, 0.25) is 0 Å². The molecule has 0 amide bonds. The average molecular weight is 239 g/mol. The fourth-order valence-corrected chi connectivity index (χ4v) is 3.79. The van der Waals surface area contributed by atoms with Gasteiger partial charge in [0.1, 0.15) is 0 Å². The predicted molar refractivity (Wildman–Crippen MR) is 67.1 cm³/mol. The van der Waals surface area contributed by atoms with Crippen molar-refractivity contribution in [2.75, 3.05) is 13.2 Å². The average Bonchev–Trinajstić information content (AvgIpc) is 2.91. The maximum atomic E-state index is 6.08. The van der Waals surface area contributed by atoms with Crippen LogP contribution in [0.3, 0.4) is 0 Å². The lowest BCUT2D eigenvalue weighted by atomic mass is 9.88. The van der Waals surface area contributed by atoms with Crippen molar-refractivity contribution in [1.29, 1.82) is 0 Å². The number of hydrogen-bond donors (Lipinski definition) is 1. The zero-order chi connectivity index (χ0) is 11.7. The molecule has 17 heavy (non-hydrogen) atoms. The highest BCUT2D eigenvalue weighted by Gasteiger charge is 2.40. The molecule has 98 valence electrons. The van der Waals surface area contributed by atoms with Gasteiger partial charge in [-0.25, -0.2) is 0 Å². The molecule has 0 aromatic rings. The summed E-state index contributed by atoms with van der Waals surface area (Å²) in [6.07, 6.45) is 9.22. The summed E-state index contributed by atoms with van der Waals surface area (Å²) >= 11 is 0. The third-order valence-electron chi connectivity index (χ3n) is 4.83. The van der Waals surface area contributed by atoms with Crippen LogP contribution in [-0.2, 0) is 9.47 Å². The van der Waals surface area contributed by atoms with E-state index in [0.717, 1.165) is 13.2 Å². The van der Waals surface area contributed by atoms with Gasteiger partial charge in [0, 0.05) is 25.3 Å². The van der Waals surface area contributed by atoms with Gasteiger partial charge < -0.3 is 14.8 Å². The highest BCUT2D eigenvalue weighted by Crippen LogP contribution is 2.40. The first kappa shape index (κ1) is 11.9. The first-order valence-electron chi connectivity index (χ1n) is 7.29. The molecule has 3 atom stereocenters. The molecule has 3 heteroatoms. The minimum absolute atomic E-state index is 0.235. The van der Waals surface area contributed by atoms with Crippen molar-refractivity contribution in [2.45, 2.75) is 75.7 Å². The molecule has 3 unspecified atom stereocenters. The van der Waals surface area contributed by atoms with Gasteiger partial charge in [-0.2, -0.15) is 0 Å². The summed E-state index contributed by atoms with van der Waals surface area (Å²) in [6, 6.07) is 1.22. The van der Waals surface area contributed by atoms with Gasteiger partial charge in [-0.05, 0) is 39.0 Å². The summed E-state index contributed by atoms with van der Waals surface area (Å²) in [5.74, 6) is 0. The second-order valence-electron chi connectivity index (χ2n) is 6.07. The van der Waals surface area contributed by atoms with Crippen LogP contribution in [0.5, 0.6) is 0 Å². The summed E-state index contributed by atoms with van der Waals surface area (Å²) < 4.78 is 11.7. The molecule has 1 saturated carbocycles. The van der Waals surface area contributed by atoms with Crippen molar-refractivity contribution in [2.24, 2.45) is 0 Å². The SMILES string of the molecule is CC1OCCC1NC1CCOC2(CCCC2)C1. The van der Waals surface area contributed by atoms with Crippen LogP contribution < -0.4 is 5.32 Å². The van der Waals surface area contributed by atoms with E-state index in [4.69, 9.17) is 9.47 Å². The Hall–Kier alpha value is -0.120. The molecule has 1 spiro atoms. The molecule has 0 bridgehead atoms. The molecule has 3 aliphatic rings. The minimum Gasteiger partial charge on any atom is -0.377 e. The Morgan fingerprint density at radius 3 is 2.65 bits per heavy atom. The zero-order valence-electron chi connectivity index (χ0n) is 10.9. The number of ether oxygens (including phenoxy) is 2. The minimum atomic E-state index is 0.235. The quantitative estimate of drug-likeness (QED) is 0.801. The molecule has 2 heterocycles. The summed E-state index contributed by atoms with van der Waals surface area (Å²) in [5, 5.41) is 3.81. The fourth-order valence-electron chi connectivity index (χ4n) is 3.79. The van der Waals surface area contributed by atoms with Crippen molar-refractivity contribution in [1.82, 2.24) is 5.32 Å². The van der Waals surface area contributed by atoms with Gasteiger partial charge >= 0.3 is 0 Å². The lowest BCUT2D eigenvalue weighted by Gasteiger charge is -2.40. The Kier molecular flexibility index (Phi) is 3.42. The van der Waals surface area contributed by atoms with Crippen molar-refractivity contribution in [3.05, 3.63) is 0 Å². The third-order valence-corrected chi connectivity index (χ3v) is 4.83. The van der Waals surface area contributed by atoms with Crippen molar-refractivity contribution in [3.63, 3.8) is 0 Å². The highest BCUT2D eigenvalue weighted by molar-refractivity contribution is 4.95. The molecule has 3 nitrogen and oxygen atoms in total. The Morgan fingerprint density at radius 1 is 1.12 bits per heavy atom. The van der Waals surface area contributed by atoms with Gasteiger partial charge in [0.05, 0.1) is 11.7 Å². The van der Waals surface area contributed by atoms with E-state index in [1.807, 2.05) is 0 Å². The van der Waals surface area contributed by atoms with E-state index in [0.29, 0.717) is 18.2 Å². The molecule has 0 aromatic carbocycles. The maximum Gasteiger partial charge on any atom is 0.0700 e. The zero-order valence-corrected chi connectivity index (χ0v) is 10.9. The van der Waals surface area contributed by atoms with E-state index in [2.05, 4.69) is 12.2 Å². The summed E-state index contributed by atoms with van der Waals surface area (Å²) in [7, 11) is 0. The van der Waals surface area contributed by atoms with E-state index in [-0.39, 0.29) is 5.60 Å². The van der Waals surface area contributed by atoms with Gasteiger partial charge in [-0.1, -0.05) is 12.8 Å². The summed E-state index contributed by atoms with van der Waals surface area (Å²) in [5.41, 5.74) is 0.235. The van der Waals surface area contributed by atoms with E-state index in [9.17, 15) is 0 Å². The Bertz CT molecular complexity index is 263. The third kappa shape index (κ3) is 2.51. The first-order chi connectivity index (χ1) is 8.27. The molecule has 2 saturated heterocycles. The second-order valence-corrected chi connectivity index (χ2v) is 6.07. The second kappa shape index (κ2) is 4.87. The van der Waals surface area contributed by atoms with Crippen LogP contribution in [0.2, 0.25) is 0 Å². The van der Waals surface area contributed by atoms with Crippen LogP contribution in [-0.4, -0.2) is 37.0 Å². The molecular weight excluding hydrogens is 214 g/mol. The lowest BCUT2D eigenvalue weighted by Crippen LogP contribution is -2.50. The van der Waals surface area contributed by atoms with Crippen LogP contribution in [0, 0.1) is 0 Å². The number of nitrogens with one attached hydrogen (secondary N) is 1. The molecule has 3 fully saturated rings. The Balaban J connectivity index is 1.56. The van der Waals surface area contributed by atoms with Crippen LogP contribution in [0.15, 0.2) is 0 Å². The maximum absolute atomic E-state index is 6.08. The van der Waals surface area contributed by atoms with E-state index in [1.54, 1.807) is 0 Å². The molecule has 3 rings (SSSR count). The highest BCUT2D eigenvalue weighted by atomic mass is 16.5. The van der Waals surface area contributed by atoms with E-state index < -0.39 is 0 Å². The molecule has 0 radical (unpaired) electrons. The molecule has 1 N–H and O–H groups in total. The standard InChI is InChI=1S/C14H25NO2/c1-11-13(5-8-16-11)15-12-4-9-17-14(10-12)6-2-3-7-14/h11-13,15H,2-10H2,1H3. The van der Waals surface area contributed by atoms with Crippen LogP contribution >= 0.6 is 0 Å². The Morgan fingerprint density at radius 2 is 1.94 bits per heavy atom. The molecule has 1 aliphatic carbocycles. The van der Waals surface area contributed by atoms with Crippen LogP contribution in [0.4, 0.5) is 0 Å². The van der Waals surface area contributed by atoms with Crippen LogP contribution in [0.25, 0.3) is 0 Å². The molecule has 2 aliphatic heterocycles. The smallest absolute Gasteiger partial charge is 0.0700 e. The van der Waals surface area contributed by atoms with Gasteiger partial charge in [0.15, 0.2) is 0 Å². The normalized spacial score (nSPS) is 41.1. The monoisotopic (exact) mass is 239 g/mol. The van der Waals surface area contributed by atoms with E-state index >= 15 is 0 Å². The summed E-state index contributed by atoms with van der Waals surface area (Å²) in [4.78, 5) is 0. The molecule has 0 aromatic heterocycles.